The van der Waals surface area contributed by atoms with E-state index in [1.807, 2.05) is 0 Å². The normalized spacial score (nSPS) is 12.1. The Bertz CT molecular complexity index is 3690. The van der Waals surface area contributed by atoms with Crippen LogP contribution in [0.15, 0.2) is 206 Å². The monoisotopic (exact) mass is 738 g/mol. The Morgan fingerprint density at radius 1 is 0.207 bits per heavy atom. The van der Waals surface area contributed by atoms with Crippen LogP contribution in [0.4, 0.5) is 0 Å². The van der Waals surface area contributed by atoms with Gasteiger partial charge in [0.1, 0.15) is 0 Å². The topological polar surface area (TPSA) is 19.7 Å². The molecule has 270 valence electrons. The highest BCUT2D eigenvalue weighted by atomic mass is 15.0. The average Bonchev–Trinajstić information content (AvgIpc) is 4.01. The molecule has 0 aliphatic rings. The second-order valence-electron chi connectivity index (χ2n) is 15.3. The van der Waals surface area contributed by atoms with Crippen molar-refractivity contribution in [3.8, 4) is 22.7 Å². The molecular weight excluding hydrogens is 705 g/mol. The van der Waals surface area contributed by atoms with Crippen LogP contribution in [-0.4, -0.2) is 18.3 Å². The maximum Gasteiger partial charge on any atom is 0.0562 e. The van der Waals surface area contributed by atoms with E-state index in [0.717, 1.165) is 17.1 Å². The van der Waals surface area contributed by atoms with Crippen LogP contribution in [0.1, 0.15) is 0 Å². The van der Waals surface area contributed by atoms with Crippen molar-refractivity contribution >= 4 is 87.2 Å². The second-order valence-corrected chi connectivity index (χ2v) is 15.3. The fraction of sp³-hybridized carbons (Fsp3) is 0. The van der Waals surface area contributed by atoms with Gasteiger partial charge in [-0.15, -0.1) is 0 Å². The van der Waals surface area contributed by atoms with Gasteiger partial charge in [-0.05, 0) is 91.0 Å². The summed E-state index contributed by atoms with van der Waals surface area (Å²) in [5.74, 6) is 0. The van der Waals surface area contributed by atoms with E-state index in [2.05, 4.69) is 225 Å². The van der Waals surface area contributed by atoms with Gasteiger partial charge in [0.2, 0.25) is 0 Å². The van der Waals surface area contributed by atoms with Gasteiger partial charge in [-0.25, -0.2) is 0 Å². The van der Waals surface area contributed by atoms with Crippen molar-refractivity contribution in [1.29, 1.82) is 0 Å². The first kappa shape index (κ1) is 31.4. The first-order valence-corrected chi connectivity index (χ1v) is 20.0. The van der Waals surface area contributed by atoms with E-state index in [9.17, 15) is 0 Å². The van der Waals surface area contributed by atoms with Crippen LogP contribution in [0.5, 0.6) is 0 Å². The van der Waals surface area contributed by atoms with E-state index in [0.29, 0.717) is 0 Å². The number of para-hydroxylation sites is 6. The van der Waals surface area contributed by atoms with Crippen molar-refractivity contribution < 1.29 is 0 Å². The maximum atomic E-state index is 2.46. The average molecular weight is 739 g/mol. The SMILES string of the molecule is c1ccc(-n2c3ccc(-n4c5ccccc5c5ccccc54)cc3c3cc(-n4c5ccccc5c5c(-n6c7ccccc7c7ccccc76)cccc54)ccc32)cc1. The number of aromatic nitrogens is 4. The second kappa shape index (κ2) is 11.8. The first-order chi connectivity index (χ1) is 28.8. The largest absolute Gasteiger partial charge is 0.309 e. The molecule has 0 bridgehead atoms. The third kappa shape index (κ3) is 4.23. The van der Waals surface area contributed by atoms with Crippen LogP contribution in [0, 0.1) is 0 Å². The van der Waals surface area contributed by atoms with Crippen LogP contribution in [0.25, 0.3) is 110 Å². The molecule has 0 saturated carbocycles. The molecule has 0 unspecified atom stereocenters. The van der Waals surface area contributed by atoms with Gasteiger partial charge in [0, 0.05) is 60.2 Å². The standard InChI is InChI=1S/C54H34N4/c1-2-15-35(16-3-1)55-50-31-29-36(56-45-22-9-4-17-38(45)39-18-5-10-23-46(39)56)33-43(50)44-34-37(30-32-51(44)55)57-49-26-13-8-21-42(49)54-52(57)27-14-28-53(54)58-47-24-11-6-19-40(47)41-20-7-12-25-48(41)58/h1-34H. The van der Waals surface area contributed by atoms with Crippen molar-refractivity contribution in [3.63, 3.8) is 0 Å². The molecular formula is C54H34N4. The number of hydrogen-bond acceptors (Lipinski definition) is 0. The molecule has 4 nitrogen and oxygen atoms in total. The van der Waals surface area contributed by atoms with E-state index in [1.165, 1.54) is 92.9 Å². The smallest absolute Gasteiger partial charge is 0.0562 e. The molecule has 0 aliphatic heterocycles. The van der Waals surface area contributed by atoms with Gasteiger partial charge in [0.25, 0.3) is 0 Å². The lowest BCUT2D eigenvalue weighted by atomic mass is 10.1. The molecule has 58 heavy (non-hydrogen) atoms. The van der Waals surface area contributed by atoms with E-state index < -0.39 is 0 Å². The van der Waals surface area contributed by atoms with Crippen LogP contribution >= 0.6 is 0 Å². The van der Waals surface area contributed by atoms with Crippen LogP contribution < -0.4 is 0 Å². The van der Waals surface area contributed by atoms with Crippen molar-refractivity contribution in [3.05, 3.63) is 206 Å². The van der Waals surface area contributed by atoms with Crippen molar-refractivity contribution in [2.75, 3.05) is 0 Å². The Hall–Kier alpha value is -7.82. The van der Waals surface area contributed by atoms with Gasteiger partial charge in [0.05, 0.1) is 49.8 Å². The van der Waals surface area contributed by atoms with Gasteiger partial charge in [0.15, 0.2) is 0 Å². The molecule has 13 rings (SSSR count). The molecule has 0 N–H and O–H groups in total. The quantitative estimate of drug-likeness (QED) is 0.171. The summed E-state index contributed by atoms with van der Waals surface area (Å²) < 4.78 is 9.75. The molecule has 0 amide bonds. The number of hydrogen-bond donors (Lipinski definition) is 0. The molecule has 4 heteroatoms. The lowest BCUT2D eigenvalue weighted by molar-refractivity contribution is 1.16. The summed E-state index contributed by atoms with van der Waals surface area (Å²) in [7, 11) is 0. The van der Waals surface area contributed by atoms with Gasteiger partial charge in [-0.3, -0.25) is 0 Å². The van der Waals surface area contributed by atoms with E-state index in [1.54, 1.807) is 0 Å². The Kier molecular flexibility index (Phi) is 6.41. The minimum absolute atomic E-state index is 1.13. The predicted molar refractivity (Wildman–Crippen MR) is 244 cm³/mol. The van der Waals surface area contributed by atoms with E-state index in [-0.39, 0.29) is 0 Å². The highest BCUT2D eigenvalue weighted by Crippen LogP contribution is 2.42. The summed E-state index contributed by atoms with van der Waals surface area (Å²) in [4.78, 5) is 0. The third-order valence-corrected chi connectivity index (χ3v) is 12.3. The van der Waals surface area contributed by atoms with Crippen LogP contribution in [0.2, 0.25) is 0 Å². The maximum absolute atomic E-state index is 2.46. The summed E-state index contributed by atoms with van der Waals surface area (Å²) in [6.07, 6.45) is 0. The molecule has 4 heterocycles. The zero-order valence-electron chi connectivity index (χ0n) is 31.4. The van der Waals surface area contributed by atoms with Gasteiger partial charge >= 0.3 is 0 Å². The molecule has 13 aromatic rings. The van der Waals surface area contributed by atoms with Crippen molar-refractivity contribution in [2.45, 2.75) is 0 Å². The number of fused-ring (bicyclic) bond motifs is 12. The van der Waals surface area contributed by atoms with Gasteiger partial charge in [-0.1, -0.05) is 115 Å². The van der Waals surface area contributed by atoms with Gasteiger partial charge in [-0.2, -0.15) is 0 Å². The molecule has 0 radical (unpaired) electrons. The number of benzene rings is 9. The lowest BCUT2D eigenvalue weighted by Gasteiger charge is -2.12. The van der Waals surface area contributed by atoms with Crippen molar-refractivity contribution in [1.82, 2.24) is 18.3 Å². The highest BCUT2D eigenvalue weighted by molar-refractivity contribution is 6.17. The Morgan fingerprint density at radius 2 is 0.569 bits per heavy atom. The van der Waals surface area contributed by atoms with Crippen LogP contribution in [0.3, 0.4) is 0 Å². The fourth-order valence-corrected chi connectivity index (χ4v) is 9.98. The number of rotatable bonds is 4. The Labute approximate surface area is 333 Å². The minimum atomic E-state index is 1.13. The van der Waals surface area contributed by atoms with Gasteiger partial charge < -0.3 is 18.3 Å². The molecule has 0 aliphatic carbocycles. The first-order valence-electron chi connectivity index (χ1n) is 20.0. The molecule has 0 fully saturated rings. The fourth-order valence-electron chi connectivity index (χ4n) is 9.98. The zero-order valence-corrected chi connectivity index (χ0v) is 31.4. The van der Waals surface area contributed by atoms with E-state index >= 15 is 0 Å². The summed E-state index contributed by atoms with van der Waals surface area (Å²) in [5.41, 5.74) is 14.2. The zero-order chi connectivity index (χ0) is 37.9. The summed E-state index contributed by atoms with van der Waals surface area (Å²) in [6, 6.07) is 75.5. The Morgan fingerprint density at radius 3 is 1.09 bits per heavy atom. The predicted octanol–water partition coefficient (Wildman–Crippen LogP) is 14.1. The minimum Gasteiger partial charge on any atom is -0.309 e. The van der Waals surface area contributed by atoms with E-state index in [4.69, 9.17) is 0 Å². The molecule has 0 atom stereocenters. The third-order valence-electron chi connectivity index (χ3n) is 12.3. The summed E-state index contributed by atoms with van der Waals surface area (Å²) >= 11 is 0. The molecule has 4 aromatic heterocycles. The summed E-state index contributed by atoms with van der Waals surface area (Å²) in [6.45, 7) is 0. The van der Waals surface area contributed by atoms with Crippen molar-refractivity contribution in [2.24, 2.45) is 0 Å². The molecule has 0 saturated heterocycles. The van der Waals surface area contributed by atoms with Crippen LogP contribution in [-0.2, 0) is 0 Å². The Balaban J connectivity index is 1.10. The molecule has 0 spiro atoms. The molecule has 9 aromatic carbocycles. The summed E-state index contributed by atoms with van der Waals surface area (Å²) in [5, 5.41) is 9.95. The number of nitrogens with zero attached hydrogens (tertiary/aromatic N) is 4. The highest BCUT2D eigenvalue weighted by Gasteiger charge is 2.21. The lowest BCUT2D eigenvalue weighted by Crippen LogP contribution is -1.97.